The van der Waals surface area contributed by atoms with E-state index in [9.17, 15) is 4.79 Å². The molecule has 0 radical (unpaired) electrons. The number of rotatable bonds is 7. The molecular weight excluding hydrogens is 410 g/mol. The zero-order valence-corrected chi connectivity index (χ0v) is 18.5. The zero-order chi connectivity index (χ0) is 21.5. The molecule has 0 spiro atoms. The van der Waals surface area contributed by atoms with Gasteiger partial charge in [0, 0.05) is 43.7 Å². The van der Waals surface area contributed by atoms with Gasteiger partial charge in [0.05, 0.1) is 18.3 Å². The molecule has 2 aromatic carbocycles. The van der Waals surface area contributed by atoms with Crippen molar-refractivity contribution in [3.05, 3.63) is 76.2 Å². The van der Waals surface area contributed by atoms with Crippen molar-refractivity contribution in [3.63, 3.8) is 0 Å². The van der Waals surface area contributed by atoms with E-state index in [2.05, 4.69) is 15.3 Å². The standard InChI is InChI=1S/C24H27N3O3S/c1-29-23-14-20(8-9-22(23)30-16-19-6-3-2-4-7-19)24(28)27-11-5-10-26(12-13-27)15-21-17-31-18-25-21/h2-4,6-9,14,17-18H,5,10-13,15-16H2,1H3. The van der Waals surface area contributed by atoms with Gasteiger partial charge in [-0.2, -0.15) is 0 Å². The molecule has 1 aliphatic heterocycles. The zero-order valence-electron chi connectivity index (χ0n) is 17.7. The molecule has 1 aromatic heterocycles. The summed E-state index contributed by atoms with van der Waals surface area (Å²) in [6.07, 6.45) is 0.950. The quantitative estimate of drug-likeness (QED) is 0.558. The van der Waals surface area contributed by atoms with Crippen LogP contribution in [0.5, 0.6) is 11.5 Å². The van der Waals surface area contributed by atoms with Gasteiger partial charge >= 0.3 is 0 Å². The maximum atomic E-state index is 13.1. The van der Waals surface area contributed by atoms with E-state index in [1.54, 1.807) is 24.5 Å². The van der Waals surface area contributed by atoms with Crippen LogP contribution in [0.4, 0.5) is 0 Å². The molecule has 0 atom stereocenters. The summed E-state index contributed by atoms with van der Waals surface area (Å²) >= 11 is 1.62. The van der Waals surface area contributed by atoms with Crippen molar-refractivity contribution in [2.45, 2.75) is 19.6 Å². The lowest BCUT2D eigenvalue weighted by atomic mass is 10.1. The second kappa shape index (κ2) is 10.4. The molecule has 0 unspecified atom stereocenters. The van der Waals surface area contributed by atoms with Gasteiger partial charge in [-0.25, -0.2) is 4.98 Å². The van der Waals surface area contributed by atoms with E-state index in [4.69, 9.17) is 9.47 Å². The van der Waals surface area contributed by atoms with E-state index >= 15 is 0 Å². The molecule has 0 N–H and O–H groups in total. The van der Waals surface area contributed by atoms with Crippen LogP contribution in [0.3, 0.4) is 0 Å². The van der Waals surface area contributed by atoms with Gasteiger partial charge < -0.3 is 14.4 Å². The van der Waals surface area contributed by atoms with Crippen LogP contribution in [0.15, 0.2) is 59.4 Å². The van der Waals surface area contributed by atoms with Gasteiger partial charge in [-0.15, -0.1) is 11.3 Å². The molecule has 31 heavy (non-hydrogen) atoms. The van der Waals surface area contributed by atoms with Gasteiger partial charge in [-0.3, -0.25) is 9.69 Å². The van der Waals surface area contributed by atoms with Gasteiger partial charge in [0.1, 0.15) is 6.61 Å². The van der Waals surface area contributed by atoms with Crippen molar-refractivity contribution >= 4 is 17.2 Å². The minimum absolute atomic E-state index is 0.0309. The molecule has 0 saturated carbocycles. The fraction of sp³-hybridized carbons (Fsp3) is 0.333. The molecule has 1 aliphatic rings. The third-order valence-electron chi connectivity index (χ3n) is 5.39. The first kappa shape index (κ1) is 21.3. The SMILES string of the molecule is COc1cc(C(=O)N2CCCN(Cc3cscn3)CC2)ccc1OCc1ccccc1. The number of nitrogens with zero attached hydrogens (tertiary/aromatic N) is 3. The highest BCUT2D eigenvalue weighted by atomic mass is 32.1. The predicted molar refractivity (Wildman–Crippen MR) is 122 cm³/mol. The third kappa shape index (κ3) is 5.62. The molecule has 1 amide bonds. The minimum Gasteiger partial charge on any atom is -0.493 e. The van der Waals surface area contributed by atoms with Crippen LogP contribution in [0.2, 0.25) is 0 Å². The average molecular weight is 438 g/mol. The second-order valence-electron chi connectivity index (χ2n) is 7.54. The summed E-state index contributed by atoms with van der Waals surface area (Å²) in [5, 5.41) is 2.08. The van der Waals surface area contributed by atoms with Crippen molar-refractivity contribution in [2.24, 2.45) is 0 Å². The Morgan fingerprint density at radius 2 is 1.94 bits per heavy atom. The molecule has 1 saturated heterocycles. The van der Waals surface area contributed by atoms with Gasteiger partial charge in [0.25, 0.3) is 5.91 Å². The Balaban J connectivity index is 1.38. The van der Waals surface area contributed by atoms with Crippen LogP contribution in [0, 0.1) is 0 Å². The lowest BCUT2D eigenvalue weighted by Crippen LogP contribution is -2.35. The van der Waals surface area contributed by atoms with E-state index < -0.39 is 0 Å². The topological polar surface area (TPSA) is 54.9 Å². The number of benzene rings is 2. The largest absolute Gasteiger partial charge is 0.493 e. The highest BCUT2D eigenvalue weighted by molar-refractivity contribution is 7.07. The van der Waals surface area contributed by atoms with Crippen LogP contribution >= 0.6 is 11.3 Å². The number of hydrogen-bond acceptors (Lipinski definition) is 6. The first-order chi connectivity index (χ1) is 15.2. The summed E-state index contributed by atoms with van der Waals surface area (Å²) in [4.78, 5) is 21.8. The van der Waals surface area contributed by atoms with Gasteiger partial charge in [0.15, 0.2) is 11.5 Å². The number of hydrogen-bond donors (Lipinski definition) is 0. The Hall–Kier alpha value is -2.90. The molecule has 3 aromatic rings. The van der Waals surface area contributed by atoms with Crippen LogP contribution in [0.25, 0.3) is 0 Å². The maximum Gasteiger partial charge on any atom is 0.254 e. The molecular formula is C24H27N3O3S. The van der Waals surface area contributed by atoms with Crippen molar-refractivity contribution in [2.75, 3.05) is 33.3 Å². The number of thiazole rings is 1. The molecule has 162 valence electrons. The third-order valence-corrected chi connectivity index (χ3v) is 6.03. The summed E-state index contributed by atoms with van der Waals surface area (Å²) in [7, 11) is 1.60. The van der Waals surface area contributed by atoms with Crippen molar-refractivity contribution in [1.29, 1.82) is 0 Å². The van der Waals surface area contributed by atoms with Crippen molar-refractivity contribution in [3.8, 4) is 11.5 Å². The number of carbonyl (C=O) groups excluding carboxylic acids is 1. The summed E-state index contributed by atoms with van der Waals surface area (Å²) in [5.74, 6) is 1.23. The highest BCUT2D eigenvalue weighted by Crippen LogP contribution is 2.29. The minimum atomic E-state index is 0.0309. The lowest BCUT2D eigenvalue weighted by molar-refractivity contribution is 0.0760. The van der Waals surface area contributed by atoms with Gasteiger partial charge in [0.2, 0.25) is 0 Å². The van der Waals surface area contributed by atoms with E-state index in [-0.39, 0.29) is 5.91 Å². The van der Waals surface area contributed by atoms with E-state index in [1.807, 2.05) is 52.9 Å². The monoisotopic (exact) mass is 437 g/mol. The first-order valence-electron chi connectivity index (χ1n) is 10.5. The summed E-state index contributed by atoms with van der Waals surface area (Å²) in [6.45, 7) is 4.56. The Morgan fingerprint density at radius 1 is 1.06 bits per heavy atom. The predicted octanol–water partition coefficient (Wildman–Crippen LogP) is 4.08. The molecule has 0 aliphatic carbocycles. The molecule has 4 rings (SSSR count). The Kier molecular flexibility index (Phi) is 7.17. The average Bonchev–Trinajstić information content (AvgIpc) is 3.21. The molecule has 6 nitrogen and oxygen atoms in total. The second-order valence-corrected chi connectivity index (χ2v) is 8.26. The van der Waals surface area contributed by atoms with E-state index in [0.29, 0.717) is 30.2 Å². The van der Waals surface area contributed by atoms with Crippen LogP contribution in [-0.2, 0) is 13.2 Å². The number of methoxy groups -OCH3 is 1. The smallest absolute Gasteiger partial charge is 0.254 e. The molecule has 1 fully saturated rings. The normalized spacial score (nSPS) is 14.8. The molecule has 7 heteroatoms. The highest BCUT2D eigenvalue weighted by Gasteiger charge is 2.22. The van der Waals surface area contributed by atoms with E-state index in [1.165, 1.54) is 0 Å². The number of amides is 1. The Morgan fingerprint density at radius 3 is 2.71 bits per heavy atom. The molecule has 2 heterocycles. The summed E-state index contributed by atoms with van der Waals surface area (Å²) < 4.78 is 11.4. The van der Waals surface area contributed by atoms with Crippen LogP contribution in [-0.4, -0.2) is 54.0 Å². The summed E-state index contributed by atoms with van der Waals surface area (Å²) in [6, 6.07) is 15.4. The van der Waals surface area contributed by atoms with Crippen LogP contribution < -0.4 is 9.47 Å². The van der Waals surface area contributed by atoms with Crippen LogP contribution in [0.1, 0.15) is 28.0 Å². The fourth-order valence-electron chi connectivity index (χ4n) is 3.71. The number of ether oxygens (including phenoxy) is 2. The Labute approximate surface area is 187 Å². The first-order valence-corrected chi connectivity index (χ1v) is 11.4. The summed E-state index contributed by atoms with van der Waals surface area (Å²) in [5.41, 5.74) is 4.66. The Bertz CT molecular complexity index is 979. The number of carbonyl (C=O) groups is 1. The lowest BCUT2D eigenvalue weighted by Gasteiger charge is -2.22. The van der Waals surface area contributed by atoms with Crippen molar-refractivity contribution in [1.82, 2.24) is 14.8 Å². The van der Waals surface area contributed by atoms with E-state index in [0.717, 1.165) is 43.9 Å². The van der Waals surface area contributed by atoms with Crippen molar-refractivity contribution < 1.29 is 14.3 Å². The van der Waals surface area contributed by atoms with Gasteiger partial charge in [-0.1, -0.05) is 30.3 Å². The molecule has 0 bridgehead atoms. The number of aromatic nitrogens is 1. The maximum absolute atomic E-state index is 13.1. The van der Waals surface area contributed by atoms with Gasteiger partial charge in [-0.05, 0) is 30.2 Å². The fourth-order valence-corrected chi connectivity index (χ4v) is 4.26.